The van der Waals surface area contributed by atoms with Gasteiger partial charge in [0.15, 0.2) is 10.3 Å². The van der Waals surface area contributed by atoms with E-state index in [1.54, 1.807) is 0 Å². The third kappa shape index (κ3) is 2.30. The van der Waals surface area contributed by atoms with Gasteiger partial charge in [0.05, 0.1) is 11.7 Å². The number of rotatable bonds is 2. The Labute approximate surface area is 115 Å². The van der Waals surface area contributed by atoms with Crippen LogP contribution in [-0.2, 0) is 0 Å². The number of nitrogens with zero attached hydrogens (tertiary/aromatic N) is 2. The fourth-order valence-corrected chi connectivity index (χ4v) is 2.22. The first-order valence-electron chi connectivity index (χ1n) is 5.50. The van der Waals surface area contributed by atoms with Gasteiger partial charge in [-0.25, -0.2) is 0 Å². The Kier molecular flexibility index (Phi) is 3.49. The molecule has 1 aromatic heterocycles. The maximum Gasteiger partial charge on any atom is 0.254 e. The summed E-state index contributed by atoms with van der Waals surface area (Å²) in [6.07, 6.45) is 0.125. The van der Waals surface area contributed by atoms with Crippen LogP contribution in [0.5, 0.6) is 0 Å². The second kappa shape index (κ2) is 4.64. The minimum absolute atomic E-state index is 0.00887. The molecule has 0 radical (unpaired) electrons. The second-order valence-corrected chi connectivity index (χ2v) is 5.72. The van der Waals surface area contributed by atoms with Crippen molar-refractivity contribution < 1.29 is 9.90 Å². The number of amides is 1. The summed E-state index contributed by atoms with van der Waals surface area (Å²) in [6.45, 7) is 3.79. The van der Waals surface area contributed by atoms with Gasteiger partial charge >= 0.3 is 0 Å². The van der Waals surface area contributed by atoms with Crippen LogP contribution < -0.4 is 5.32 Å². The first-order valence-corrected chi connectivity index (χ1v) is 6.25. The maximum atomic E-state index is 12.0. The van der Waals surface area contributed by atoms with Crippen molar-refractivity contribution in [3.8, 4) is 0 Å². The molecule has 2 rings (SSSR count). The minimum atomic E-state index is -0.405. The molecule has 0 spiro atoms. The van der Waals surface area contributed by atoms with Gasteiger partial charge in [-0.3, -0.25) is 4.79 Å². The van der Waals surface area contributed by atoms with Crippen molar-refractivity contribution in [1.29, 1.82) is 0 Å². The summed E-state index contributed by atoms with van der Waals surface area (Å²) >= 11 is 11.5. The molecule has 0 saturated heterocycles. The number of aliphatic hydroxyl groups is 1. The van der Waals surface area contributed by atoms with Crippen LogP contribution in [0.15, 0.2) is 6.07 Å². The predicted octanol–water partition coefficient (Wildman–Crippen LogP) is 1.67. The number of nitrogens with one attached hydrogen (secondary N) is 1. The van der Waals surface area contributed by atoms with Gasteiger partial charge in [-0.1, -0.05) is 37.0 Å². The van der Waals surface area contributed by atoms with Crippen LogP contribution in [0, 0.1) is 5.41 Å². The molecule has 5 nitrogen and oxygen atoms in total. The molecule has 1 aromatic rings. The van der Waals surface area contributed by atoms with E-state index in [0.717, 1.165) is 0 Å². The average molecular weight is 290 g/mol. The van der Waals surface area contributed by atoms with E-state index in [9.17, 15) is 9.90 Å². The van der Waals surface area contributed by atoms with Gasteiger partial charge < -0.3 is 10.4 Å². The molecule has 0 aromatic carbocycles. The minimum Gasteiger partial charge on any atom is -0.392 e. The summed E-state index contributed by atoms with van der Waals surface area (Å²) in [4.78, 5) is 12.0. The number of hydrogen-bond acceptors (Lipinski definition) is 4. The summed E-state index contributed by atoms with van der Waals surface area (Å²) in [5, 5.41) is 19.7. The fourth-order valence-electron chi connectivity index (χ4n) is 1.90. The largest absolute Gasteiger partial charge is 0.392 e. The molecule has 2 atom stereocenters. The van der Waals surface area contributed by atoms with E-state index < -0.39 is 6.10 Å². The van der Waals surface area contributed by atoms with Crippen molar-refractivity contribution in [2.45, 2.75) is 32.4 Å². The standard InChI is InChI=1S/C11H13Cl2N3O2/c1-11(2)6(4-7(11)17)14-10(18)5-3-8(12)15-16-9(5)13/h3,6-7,17H,4H2,1-2H3,(H,14,18). The lowest BCUT2D eigenvalue weighted by atomic mass is 9.64. The van der Waals surface area contributed by atoms with E-state index in [2.05, 4.69) is 15.5 Å². The van der Waals surface area contributed by atoms with E-state index in [1.165, 1.54) is 6.07 Å². The molecule has 1 aliphatic rings. The van der Waals surface area contributed by atoms with Crippen LogP contribution in [0.1, 0.15) is 30.6 Å². The zero-order valence-electron chi connectivity index (χ0n) is 9.94. The number of aromatic nitrogens is 2. The van der Waals surface area contributed by atoms with Crippen LogP contribution in [0.2, 0.25) is 10.3 Å². The average Bonchev–Trinajstić information content (AvgIpc) is 2.31. The maximum absolute atomic E-state index is 12.0. The Hall–Kier alpha value is -0.910. The Morgan fingerprint density at radius 2 is 2.17 bits per heavy atom. The van der Waals surface area contributed by atoms with Gasteiger partial charge in [0.25, 0.3) is 5.91 Å². The highest BCUT2D eigenvalue weighted by atomic mass is 35.5. The molecule has 7 heteroatoms. The molecule has 1 aliphatic carbocycles. The monoisotopic (exact) mass is 289 g/mol. The van der Waals surface area contributed by atoms with E-state index in [4.69, 9.17) is 23.2 Å². The van der Waals surface area contributed by atoms with Crippen molar-refractivity contribution >= 4 is 29.1 Å². The van der Waals surface area contributed by atoms with Crippen molar-refractivity contribution in [2.75, 3.05) is 0 Å². The van der Waals surface area contributed by atoms with Gasteiger partial charge in [0.1, 0.15) is 0 Å². The summed E-state index contributed by atoms with van der Waals surface area (Å²) < 4.78 is 0. The van der Waals surface area contributed by atoms with Gasteiger partial charge in [-0.05, 0) is 12.5 Å². The highest BCUT2D eigenvalue weighted by Crippen LogP contribution is 2.40. The summed E-state index contributed by atoms with van der Waals surface area (Å²) in [6, 6.07) is 1.27. The molecule has 2 unspecified atom stereocenters. The van der Waals surface area contributed by atoms with Gasteiger partial charge in [-0.15, -0.1) is 10.2 Å². The Bertz CT molecular complexity index is 493. The van der Waals surface area contributed by atoms with Gasteiger partial charge in [0, 0.05) is 11.5 Å². The second-order valence-electron chi connectivity index (χ2n) is 4.97. The van der Waals surface area contributed by atoms with E-state index in [0.29, 0.717) is 6.42 Å². The molecule has 18 heavy (non-hydrogen) atoms. The third-order valence-electron chi connectivity index (χ3n) is 3.48. The predicted molar refractivity (Wildman–Crippen MR) is 67.7 cm³/mol. The zero-order chi connectivity index (χ0) is 13.5. The SMILES string of the molecule is CC1(C)C(O)CC1NC(=O)c1cc(Cl)nnc1Cl. The molecular weight excluding hydrogens is 277 g/mol. The van der Waals surface area contributed by atoms with Crippen molar-refractivity contribution in [2.24, 2.45) is 5.41 Å². The van der Waals surface area contributed by atoms with Crippen molar-refractivity contribution in [3.63, 3.8) is 0 Å². The summed E-state index contributed by atoms with van der Waals surface area (Å²) in [5.74, 6) is -0.359. The highest BCUT2D eigenvalue weighted by molar-refractivity contribution is 6.34. The lowest BCUT2D eigenvalue weighted by molar-refractivity contribution is -0.0689. The number of halogens is 2. The van der Waals surface area contributed by atoms with Crippen LogP contribution in [-0.4, -0.2) is 33.4 Å². The van der Waals surface area contributed by atoms with Crippen LogP contribution in [0.4, 0.5) is 0 Å². The molecule has 0 bridgehead atoms. The van der Waals surface area contributed by atoms with Crippen LogP contribution in [0.3, 0.4) is 0 Å². The molecule has 1 heterocycles. The first kappa shape index (κ1) is 13.5. The zero-order valence-corrected chi connectivity index (χ0v) is 11.5. The fraction of sp³-hybridized carbons (Fsp3) is 0.545. The quantitative estimate of drug-likeness (QED) is 0.869. The summed E-state index contributed by atoms with van der Waals surface area (Å²) in [7, 11) is 0. The van der Waals surface area contributed by atoms with Gasteiger partial charge in [-0.2, -0.15) is 0 Å². The van der Waals surface area contributed by atoms with Crippen LogP contribution >= 0.6 is 23.2 Å². The molecule has 1 fully saturated rings. The first-order chi connectivity index (χ1) is 8.32. The van der Waals surface area contributed by atoms with Crippen LogP contribution in [0.25, 0.3) is 0 Å². The van der Waals surface area contributed by atoms with Gasteiger partial charge in [0.2, 0.25) is 0 Å². The number of carbonyl (C=O) groups is 1. The number of carbonyl (C=O) groups excluding carboxylic acids is 1. The summed E-state index contributed by atoms with van der Waals surface area (Å²) in [5.41, 5.74) is -0.152. The molecule has 2 N–H and O–H groups in total. The topological polar surface area (TPSA) is 75.1 Å². The molecule has 0 aliphatic heterocycles. The molecule has 98 valence electrons. The number of hydrogen-bond donors (Lipinski definition) is 2. The molecule has 1 amide bonds. The Balaban J connectivity index is 2.12. The lowest BCUT2D eigenvalue weighted by Crippen LogP contribution is -2.61. The normalized spacial score (nSPS) is 25.4. The Morgan fingerprint density at radius 3 is 2.72 bits per heavy atom. The van der Waals surface area contributed by atoms with E-state index in [-0.39, 0.29) is 33.2 Å². The molecular formula is C11H13Cl2N3O2. The lowest BCUT2D eigenvalue weighted by Gasteiger charge is -2.49. The Morgan fingerprint density at radius 1 is 1.50 bits per heavy atom. The van der Waals surface area contributed by atoms with Crippen molar-refractivity contribution in [3.05, 3.63) is 21.9 Å². The molecule has 1 saturated carbocycles. The van der Waals surface area contributed by atoms with E-state index >= 15 is 0 Å². The number of aliphatic hydroxyl groups excluding tert-OH is 1. The van der Waals surface area contributed by atoms with Crippen molar-refractivity contribution in [1.82, 2.24) is 15.5 Å². The van der Waals surface area contributed by atoms with E-state index in [1.807, 2.05) is 13.8 Å². The smallest absolute Gasteiger partial charge is 0.254 e. The highest BCUT2D eigenvalue weighted by Gasteiger charge is 2.48. The third-order valence-corrected chi connectivity index (χ3v) is 3.95.